The second kappa shape index (κ2) is 21.9. The summed E-state index contributed by atoms with van der Waals surface area (Å²) >= 11 is 0. The van der Waals surface area contributed by atoms with E-state index in [0.717, 1.165) is 31.4 Å². The maximum Gasteiger partial charge on any atom is 0.320 e. The highest BCUT2D eigenvalue weighted by Crippen LogP contribution is 2.04. The Morgan fingerprint density at radius 2 is 1.50 bits per heavy atom. The van der Waals surface area contributed by atoms with Crippen molar-refractivity contribution in [2.24, 2.45) is 28.9 Å². The van der Waals surface area contributed by atoms with Crippen molar-refractivity contribution >= 4 is 23.9 Å². The van der Waals surface area contributed by atoms with Crippen LogP contribution in [0.3, 0.4) is 0 Å². The molecule has 2 rings (SSSR count). The second-order valence-electron chi connectivity index (χ2n) is 8.75. The number of rotatable bonds is 11. The van der Waals surface area contributed by atoms with Crippen molar-refractivity contribution in [3.63, 3.8) is 0 Å². The van der Waals surface area contributed by atoms with E-state index in [4.69, 9.17) is 43.4 Å². The highest BCUT2D eigenvalue weighted by atomic mass is 16.4. The van der Waals surface area contributed by atoms with Gasteiger partial charge in [0.2, 0.25) is 0 Å². The average molecular weight is 544 g/mol. The van der Waals surface area contributed by atoms with Crippen LogP contribution in [0.25, 0.3) is 0 Å². The number of nitrogens with one attached hydrogen (secondary N) is 1. The fraction of sp³-hybridized carbons (Fsp3) is 0.600. The van der Waals surface area contributed by atoms with E-state index in [1.807, 2.05) is 44.2 Å². The molecule has 1 saturated heterocycles. The molecule has 1 aliphatic rings. The first kappa shape index (κ1) is 37.1. The number of carboxylic acids is 4. The molecule has 1 aliphatic heterocycles. The van der Waals surface area contributed by atoms with E-state index in [1.165, 1.54) is 0 Å². The summed E-state index contributed by atoms with van der Waals surface area (Å²) in [6.45, 7) is 5.12. The molecule has 1 heterocycles. The molecule has 1 aromatic rings. The van der Waals surface area contributed by atoms with E-state index in [0.29, 0.717) is 25.8 Å². The predicted octanol–water partition coefficient (Wildman–Crippen LogP) is 0.0456. The van der Waals surface area contributed by atoms with Crippen LogP contribution in [-0.2, 0) is 25.6 Å². The van der Waals surface area contributed by atoms with Gasteiger partial charge in [-0.15, -0.1) is 0 Å². The number of hydrogen-bond donors (Lipinski definition) is 9. The number of benzene rings is 1. The molecule has 0 aromatic heterocycles. The highest BCUT2D eigenvalue weighted by molar-refractivity contribution is 5.74. The monoisotopic (exact) mass is 543 g/mol. The third-order valence-corrected chi connectivity index (χ3v) is 5.55. The molecule has 13 heteroatoms. The Kier molecular flexibility index (Phi) is 21.4. The summed E-state index contributed by atoms with van der Waals surface area (Å²) in [6, 6.07) is 6.83. The van der Waals surface area contributed by atoms with Gasteiger partial charge in [-0.1, -0.05) is 50.6 Å². The lowest BCUT2D eigenvalue weighted by Gasteiger charge is -2.11. The fourth-order valence-corrected chi connectivity index (χ4v) is 2.81. The van der Waals surface area contributed by atoms with Gasteiger partial charge >= 0.3 is 23.9 Å². The number of carbonyl (C=O) groups is 4. The molecule has 0 amide bonds. The molecule has 13 N–H and O–H groups in total. The first-order valence-corrected chi connectivity index (χ1v) is 12.4. The van der Waals surface area contributed by atoms with Crippen LogP contribution in [0, 0.1) is 5.92 Å². The molecular formula is C25H45N5O8. The summed E-state index contributed by atoms with van der Waals surface area (Å²) in [5, 5.41) is 36.3. The summed E-state index contributed by atoms with van der Waals surface area (Å²) in [5.41, 5.74) is 21.8. The van der Waals surface area contributed by atoms with Gasteiger partial charge in [0.05, 0.1) is 0 Å². The van der Waals surface area contributed by atoms with Crippen molar-refractivity contribution in [1.29, 1.82) is 0 Å². The zero-order chi connectivity index (χ0) is 29.7. The molecule has 5 atom stereocenters. The van der Waals surface area contributed by atoms with Crippen molar-refractivity contribution in [2.45, 2.75) is 76.5 Å². The number of nitrogens with two attached hydrogens (primary N) is 4. The van der Waals surface area contributed by atoms with Crippen LogP contribution in [0.4, 0.5) is 0 Å². The van der Waals surface area contributed by atoms with Gasteiger partial charge in [-0.3, -0.25) is 19.2 Å². The van der Waals surface area contributed by atoms with Crippen LogP contribution in [0.5, 0.6) is 0 Å². The largest absolute Gasteiger partial charge is 0.480 e. The van der Waals surface area contributed by atoms with E-state index in [-0.39, 0.29) is 12.0 Å². The molecule has 0 aliphatic carbocycles. The number of hydrogen-bond acceptors (Lipinski definition) is 9. The van der Waals surface area contributed by atoms with Gasteiger partial charge in [-0.25, -0.2) is 0 Å². The lowest BCUT2D eigenvalue weighted by atomic mass is 10.0. The van der Waals surface area contributed by atoms with Gasteiger partial charge in [0.1, 0.15) is 24.2 Å². The molecule has 0 unspecified atom stereocenters. The zero-order valence-corrected chi connectivity index (χ0v) is 22.2. The first-order chi connectivity index (χ1) is 17.8. The molecule has 0 saturated carbocycles. The van der Waals surface area contributed by atoms with Crippen molar-refractivity contribution in [2.75, 3.05) is 13.1 Å². The molecule has 0 bridgehead atoms. The fourth-order valence-electron chi connectivity index (χ4n) is 2.81. The molecule has 218 valence electrons. The average Bonchev–Trinajstić information content (AvgIpc) is 3.43. The third kappa shape index (κ3) is 19.1. The Morgan fingerprint density at radius 1 is 0.947 bits per heavy atom. The molecule has 0 radical (unpaired) electrons. The minimum Gasteiger partial charge on any atom is -0.480 e. The molecule has 0 spiro atoms. The lowest BCUT2D eigenvalue weighted by Crippen LogP contribution is -2.36. The Morgan fingerprint density at radius 3 is 1.82 bits per heavy atom. The van der Waals surface area contributed by atoms with Gasteiger partial charge in [0.15, 0.2) is 0 Å². The van der Waals surface area contributed by atoms with E-state index >= 15 is 0 Å². The molecule has 1 fully saturated rings. The normalized spacial score (nSPS) is 16.9. The molecular weight excluding hydrogens is 498 g/mol. The third-order valence-electron chi connectivity index (χ3n) is 5.55. The Balaban J connectivity index is 0. The molecule has 13 nitrogen and oxygen atoms in total. The van der Waals surface area contributed by atoms with E-state index in [9.17, 15) is 19.2 Å². The van der Waals surface area contributed by atoms with Crippen molar-refractivity contribution < 1.29 is 39.6 Å². The van der Waals surface area contributed by atoms with Gasteiger partial charge in [0, 0.05) is 0 Å². The van der Waals surface area contributed by atoms with E-state index in [2.05, 4.69) is 5.32 Å². The summed E-state index contributed by atoms with van der Waals surface area (Å²) in [6.07, 6.45) is 4.12. The minimum absolute atomic E-state index is 0.0718. The summed E-state index contributed by atoms with van der Waals surface area (Å²) < 4.78 is 0. The standard InChI is InChI=1S/C9H11NO2.C6H13NO2.C5H12N2O2.C5H9NO2/c10-8(9(11)12)6-7-4-2-1-3-5-7;1-3-4(2)5(7)6(8)9;6-3-1-2-4(7)5(8)9;7-5(8)4-2-1-3-6-4/h1-5,8H,6,10H2,(H,11,12);4-5H,3,7H2,1-2H3,(H,8,9);4H,1-3,6-7H2,(H,8,9);4,6H,1-3H2,(H,7,8)/t8-;4-,5-;2*4-/m0000/s1. The van der Waals surface area contributed by atoms with Gasteiger partial charge in [-0.2, -0.15) is 0 Å². The SMILES string of the molecule is CC[C@H](C)[C@H](N)C(=O)O.NCCC[C@H](N)C(=O)O.N[C@@H](Cc1ccccc1)C(=O)O.O=C(O)[C@@H]1CCCN1. The van der Waals surface area contributed by atoms with Crippen LogP contribution in [0.1, 0.15) is 51.5 Å². The van der Waals surface area contributed by atoms with Crippen LogP contribution in [0.15, 0.2) is 30.3 Å². The van der Waals surface area contributed by atoms with Crippen LogP contribution < -0.4 is 28.3 Å². The maximum atomic E-state index is 10.4. The lowest BCUT2D eigenvalue weighted by molar-refractivity contribution is -0.140. The quantitative estimate of drug-likeness (QED) is 0.179. The van der Waals surface area contributed by atoms with Crippen molar-refractivity contribution in [3.05, 3.63) is 35.9 Å². The highest BCUT2D eigenvalue weighted by Gasteiger charge is 2.20. The van der Waals surface area contributed by atoms with Crippen LogP contribution in [0.2, 0.25) is 0 Å². The van der Waals surface area contributed by atoms with E-state index < -0.39 is 42.0 Å². The molecule has 1 aromatic carbocycles. The number of carboxylic acid groups (broad SMARTS) is 4. The Hall–Kier alpha value is -3.10. The summed E-state index contributed by atoms with van der Waals surface area (Å²) in [7, 11) is 0. The maximum absolute atomic E-state index is 10.4. The molecule has 38 heavy (non-hydrogen) atoms. The van der Waals surface area contributed by atoms with Gasteiger partial charge in [-0.05, 0) is 56.7 Å². The summed E-state index contributed by atoms with van der Waals surface area (Å²) in [4.78, 5) is 40.7. The first-order valence-electron chi connectivity index (χ1n) is 12.4. The number of aliphatic carboxylic acids is 4. The van der Waals surface area contributed by atoms with Crippen molar-refractivity contribution in [3.8, 4) is 0 Å². The van der Waals surface area contributed by atoms with Crippen molar-refractivity contribution in [1.82, 2.24) is 5.32 Å². The predicted molar refractivity (Wildman–Crippen MR) is 143 cm³/mol. The van der Waals surface area contributed by atoms with Gasteiger partial charge in [0.25, 0.3) is 0 Å². The Bertz CT molecular complexity index is 806. The minimum atomic E-state index is -0.959. The topological polar surface area (TPSA) is 265 Å². The van der Waals surface area contributed by atoms with Crippen LogP contribution in [-0.4, -0.2) is 81.6 Å². The Labute approximate surface area is 223 Å². The second-order valence-corrected chi connectivity index (χ2v) is 8.75. The zero-order valence-electron chi connectivity index (χ0n) is 22.2. The smallest absolute Gasteiger partial charge is 0.320 e. The van der Waals surface area contributed by atoms with E-state index in [1.54, 1.807) is 0 Å². The van der Waals surface area contributed by atoms with Crippen LogP contribution >= 0.6 is 0 Å². The summed E-state index contributed by atoms with van der Waals surface area (Å²) in [5.74, 6) is -3.48. The van der Waals surface area contributed by atoms with Gasteiger partial charge < -0.3 is 48.7 Å².